The number of aromatic nitrogens is 3. The fourth-order valence-electron chi connectivity index (χ4n) is 5.28. The maximum absolute atomic E-state index is 14.3. The predicted molar refractivity (Wildman–Crippen MR) is 127 cm³/mol. The van der Waals surface area contributed by atoms with E-state index < -0.39 is 28.5 Å². The highest BCUT2D eigenvalue weighted by Crippen LogP contribution is 2.48. The van der Waals surface area contributed by atoms with Crippen LogP contribution in [0.1, 0.15) is 43.8 Å². The van der Waals surface area contributed by atoms with Gasteiger partial charge in [-0.15, -0.1) is 10.2 Å². The highest BCUT2D eigenvalue weighted by atomic mass is 19.2. The number of ether oxygens (including phenoxy) is 1. The molecule has 1 aliphatic heterocycles. The lowest BCUT2D eigenvalue weighted by Crippen LogP contribution is -2.52. The highest BCUT2D eigenvalue weighted by Gasteiger charge is 2.52. The van der Waals surface area contributed by atoms with Crippen molar-refractivity contribution in [2.45, 2.75) is 51.2 Å². The molecule has 0 fully saturated rings. The Morgan fingerprint density at radius 1 is 1.06 bits per heavy atom. The summed E-state index contributed by atoms with van der Waals surface area (Å²) in [4.78, 5) is 0. The Bertz CT molecular complexity index is 1430. The predicted octanol–water partition coefficient (Wildman–Crippen LogP) is 5.79. The molecule has 36 heavy (non-hydrogen) atoms. The van der Waals surface area contributed by atoms with Crippen LogP contribution in [-0.4, -0.2) is 32.6 Å². The molecule has 0 bridgehead atoms. The Kier molecular flexibility index (Phi) is 5.70. The second-order valence-electron chi connectivity index (χ2n) is 9.65. The van der Waals surface area contributed by atoms with Crippen molar-refractivity contribution in [3.05, 3.63) is 77.1 Å². The van der Waals surface area contributed by atoms with E-state index in [-0.39, 0.29) is 5.56 Å². The molecule has 9 heteroatoms. The van der Waals surface area contributed by atoms with Crippen LogP contribution in [0.15, 0.2) is 46.9 Å². The third-order valence-electron chi connectivity index (χ3n) is 7.05. The first-order valence-electron chi connectivity index (χ1n) is 11.6. The minimum absolute atomic E-state index is 0.104. The number of hydrogen-bond donors (Lipinski definition) is 1. The van der Waals surface area contributed by atoms with Crippen molar-refractivity contribution in [1.29, 1.82) is 0 Å². The number of methoxy groups -OCH3 is 1. The fraction of sp³-hybridized carbons (Fsp3) is 0.333. The van der Waals surface area contributed by atoms with Gasteiger partial charge < -0.3 is 18.8 Å². The quantitative estimate of drug-likeness (QED) is 0.354. The average molecular weight is 498 g/mol. The summed E-state index contributed by atoms with van der Waals surface area (Å²) in [5.41, 5.74) is -1.23. The van der Waals surface area contributed by atoms with E-state index in [1.165, 1.54) is 0 Å². The highest BCUT2D eigenvalue weighted by molar-refractivity contribution is 5.72. The van der Waals surface area contributed by atoms with Crippen LogP contribution in [0.2, 0.25) is 0 Å². The summed E-state index contributed by atoms with van der Waals surface area (Å²) in [7, 11) is 1.56. The van der Waals surface area contributed by atoms with Crippen LogP contribution < -0.4 is 4.74 Å². The third kappa shape index (κ3) is 3.61. The number of furan rings is 1. The van der Waals surface area contributed by atoms with Gasteiger partial charge in [0.15, 0.2) is 23.3 Å². The van der Waals surface area contributed by atoms with Crippen LogP contribution in [0, 0.1) is 24.4 Å². The molecule has 2 aromatic carbocycles. The minimum atomic E-state index is -1.55. The van der Waals surface area contributed by atoms with Gasteiger partial charge in [0, 0.05) is 12.1 Å². The van der Waals surface area contributed by atoms with Gasteiger partial charge in [-0.05, 0) is 75.6 Å². The summed E-state index contributed by atoms with van der Waals surface area (Å²) in [6, 6.07) is 11.2. The SMILES string of the molecule is COc1cc(-c2nnc3n2CCCC3(c2cc(F)c(F)c(F)c2)C(C)(C)O)ccc1-c1ccc(C)o1. The number of aliphatic hydroxyl groups is 1. The zero-order valence-electron chi connectivity index (χ0n) is 20.4. The van der Waals surface area contributed by atoms with E-state index >= 15 is 0 Å². The monoisotopic (exact) mass is 497 g/mol. The topological polar surface area (TPSA) is 73.3 Å². The van der Waals surface area contributed by atoms with Gasteiger partial charge in [-0.2, -0.15) is 0 Å². The average Bonchev–Trinajstić information content (AvgIpc) is 3.47. The van der Waals surface area contributed by atoms with Gasteiger partial charge in [0.1, 0.15) is 23.1 Å². The van der Waals surface area contributed by atoms with Crippen molar-refractivity contribution < 1.29 is 27.4 Å². The molecular weight excluding hydrogens is 471 g/mol. The molecule has 1 unspecified atom stereocenters. The number of benzene rings is 2. The molecule has 5 rings (SSSR count). The van der Waals surface area contributed by atoms with E-state index in [0.29, 0.717) is 48.1 Å². The normalized spacial score (nSPS) is 17.8. The summed E-state index contributed by atoms with van der Waals surface area (Å²) in [5, 5.41) is 20.1. The van der Waals surface area contributed by atoms with E-state index in [0.717, 1.165) is 23.5 Å². The largest absolute Gasteiger partial charge is 0.496 e. The Morgan fingerprint density at radius 3 is 2.39 bits per heavy atom. The van der Waals surface area contributed by atoms with E-state index in [9.17, 15) is 18.3 Å². The van der Waals surface area contributed by atoms with E-state index in [2.05, 4.69) is 10.2 Å². The third-order valence-corrected chi connectivity index (χ3v) is 7.05. The number of rotatable bonds is 5. The minimum Gasteiger partial charge on any atom is -0.496 e. The molecule has 1 N–H and O–H groups in total. The smallest absolute Gasteiger partial charge is 0.194 e. The van der Waals surface area contributed by atoms with Crippen LogP contribution >= 0.6 is 0 Å². The molecular formula is C27H26F3N3O3. The Labute approximate surface area is 206 Å². The van der Waals surface area contributed by atoms with E-state index in [4.69, 9.17) is 9.15 Å². The number of nitrogens with zero attached hydrogens (tertiary/aromatic N) is 3. The van der Waals surface area contributed by atoms with Crippen molar-refractivity contribution in [3.63, 3.8) is 0 Å². The molecule has 188 valence electrons. The summed E-state index contributed by atoms with van der Waals surface area (Å²) >= 11 is 0. The van der Waals surface area contributed by atoms with Crippen molar-refractivity contribution in [1.82, 2.24) is 14.8 Å². The molecule has 1 aliphatic rings. The van der Waals surface area contributed by atoms with Crippen LogP contribution in [0.4, 0.5) is 13.2 Å². The van der Waals surface area contributed by atoms with E-state index in [1.54, 1.807) is 21.0 Å². The molecule has 4 aromatic rings. The lowest BCUT2D eigenvalue weighted by molar-refractivity contribution is -0.00483. The summed E-state index contributed by atoms with van der Waals surface area (Å²) in [6.45, 7) is 5.50. The van der Waals surface area contributed by atoms with Crippen LogP contribution in [-0.2, 0) is 12.0 Å². The van der Waals surface area contributed by atoms with Gasteiger partial charge in [0.2, 0.25) is 0 Å². The Morgan fingerprint density at radius 2 is 1.78 bits per heavy atom. The van der Waals surface area contributed by atoms with Gasteiger partial charge in [-0.1, -0.05) is 6.07 Å². The molecule has 3 heterocycles. The van der Waals surface area contributed by atoms with Gasteiger partial charge in [-0.25, -0.2) is 13.2 Å². The summed E-state index contributed by atoms with van der Waals surface area (Å²) in [5.74, 6) is -1.31. The van der Waals surface area contributed by atoms with Gasteiger partial charge in [0.05, 0.1) is 23.7 Å². The molecule has 0 saturated heterocycles. The number of hydrogen-bond acceptors (Lipinski definition) is 5. The number of aryl methyl sites for hydroxylation is 1. The van der Waals surface area contributed by atoms with Gasteiger partial charge >= 0.3 is 0 Å². The molecule has 0 saturated carbocycles. The Hall–Kier alpha value is -3.59. The second-order valence-corrected chi connectivity index (χ2v) is 9.65. The standard InChI is InChI=1S/C27H26F3N3O3/c1-15-6-9-21(36-15)18-8-7-16(12-22(18)35-4)24-31-32-25-27(26(2,3)34,10-5-11-33(24)25)17-13-19(28)23(30)20(29)14-17/h6-9,12-14,34H,5,10-11H2,1-4H3. The molecule has 2 aromatic heterocycles. The van der Waals surface area contributed by atoms with Crippen LogP contribution in [0.3, 0.4) is 0 Å². The zero-order chi connectivity index (χ0) is 25.8. The van der Waals surface area contributed by atoms with Crippen molar-refractivity contribution in [2.24, 2.45) is 0 Å². The molecule has 6 nitrogen and oxygen atoms in total. The molecule has 0 spiro atoms. The first-order valence-corrected chi connectivity index (χ1v) is 11.6. The summed E-state index contributed by atoms with van der Waals surface area (Å²) < 4.78 is 55.6. The van der Waals surface area contributed by atoms with Crippen molar-refractivity contribution in [2.75, 3.05) is 7.11 Å². The fourth-order valence-corrected chi connectivity index (χ4v) is 5.28. The zero-order valence-corrected chi connectivity index (χ0v) is 20.4. The molecule has 0 aliphatic carbocycles. The maximum atomic E-state index is 14.3. The number of halogens is 3. The van der Waals surface area contributed by atoms with Gasteiger partial charge in [0.25, 0.3) is 0 Å². The second kappa shape index (κ2) is 8.51. The van der Waals surface area contributed by atoms with Crippen LogP contribution in [0.5, 0.6) is 5.75 Å². The molecule has 0 amide bonds. The summed E-state index contributed by atoms with van der Waals surface area (Å²) in [6.07, 6.45) is 0.919. The molecule has 0 radical (unpaired) electrons. The van der Waals surface area contributed by atoms with Crippen molar-refractivity contribution >= 4 is 0 Å². The van der Waals surface area contributed by atoms with E-state index in [1.807, 2.05) is 41.8 Å². The first kappa shape index (κ1) is 24.1. The van der Waals surface area contributed by atoms with Crippen molar-refractivity contribution in [3.8, 4) is 28.5 Å². The van der Waals surface area contributed by atoms with Gasteiger partial charge in [-0.3, -0.25) is 0 Å². The lowest BCUT2D eigenvalue weighted by Gasteiger charge is -2.45. The number of fused-ring (bicyclic) bond motifs is 1. The Balaban J connectivity index is 1.67. The maximum Gasteiger partial charge on any atom is 0.194 e. The molecule has 1 atom stereocenters. The first-order chi connectivity index (χ1) is 17.1. The lowest BCUT2D eigenvalue weighted by atomic mass is 9.64. The van der Waals surface area contributed by atoms with Crippen LogP contribution in [0.25, 0.3) is 22.7 Å².